The average molecular weight is 347 g/mol. The molecular formula is C13H18INO2. The van der Waals surface area contributed by atoms with Gasteiger partial charge in [0.05, 0.1) is 6.26 Å². The average Bonchev–Trinajstić information content (AvgIpc) is 2.86. The van der Waals surface area contributed by atoms with Gasteiger partial charge in [-0.15, -0.1) is 0 Å². The van der Waals surface area contributed by atoms with Gasteiger partial charge in [0.15, 0.2) is 5.76 Å². The molecular weight excluding hydrogens is 329 g/mol. The molecule has 1 amide bonds. The second-order valence-corrected chi connectivity index (χ2v) is 5.72. The molecule has 1 aliphatic carbocycles. The highest BCUT2D eigenvalue weighted by Crippen LogP contribution is 2.27. The molecule has 0 aliphatic heterocycles. The molecule has 17 heavy (non-hydrogen) atoms. The van der Waals surface area contributed by atoms with Gasteiger partial charge in [0, 0.05) is 6.04 Å². The quantitative estimate of drug-likeness (QED) is 0.670. The van der Waals surface area contributed by atoms with Crippen LogP contribution in [0, 0.1) is 5.92 Å². The number of halogens is 1. The molecule has 0 radical (unpaired) electrons. The highest BCUT2D eigenvalue weighted by molar-refractivity contribution is 14.1. The number of hydrogen-bond acceptors (Lipinski definition) is 2. The Bertz CT molecular complexity index is 342. The van der Waals surface area contributed by atoms with Crippen molar-refractivity contribution in [2.75, 3.05) is 4.43 Å². The summed E-state index contributed by atoms with van der Waals surface area (Å²) in [5.74, 6) is 1.20. The molecule has 0 bridgehead atoms. The molecule has 0 saturated heterocycles. The van der Waals surface area contributed by atoms with Crippen LogP contribution in [0.1, 0.15) is 42.7 Å². The van der Waals surface area contributed by atoms with Gasteiger partial charge in [-0.25, -0.2) is 0 Å². The molecule has 3 nitrogen and oxygen atoms in total. The predicted molar refractivity (Wildman–Crippen MR) is 75.4 cm³/mol. The Labute approximate surface area is 115 Å². The molecule has 0 atom stereocenters. The van der Waals surface area contributed by atoms with Crippen molar-refractivity contribution in [1.82, 2.24) is 5.32 Å². The highest BCUT2D eigenvalue weighted by atomic mass is 127. The van der Waals surface area contributed by atoms with Crippen LogP contribution in [0.4, 0.5) is 0 Å². The van der Waals surface area contributed by atoms with E-state index < -0.39 is 0 Å². The molecule has 1 aliphatic rings. The second-order valence-electron chi connectivity index (χ2n) is 4.65. The SMILES string of the molecule is O=C(NC1CCC(CCI)CC1)c1ccco1. The molecule has 94 valence electrons. The van der Waals surface area contributed by atoms with Gasteiger partial charge in [0.2, 0.25) is 0 Å². The molecule has 1 aromatic heterocycles. The molecule has 1 heterocycles. The van der Waals surface area contributed by atoms with Crippen LogP contribution >= 0.6 is 22.6 Å². The fourth-order valence-corrected chi connectivity index (χ4v) is 3.29. The Morgan fingerprint density at radius 3 is 2.76 bits per heavy atom. The number of carbonyl (C=O) groups excluding carboxylic acids is 1. The van der Waals surface area contributed by atoms with Crippen LogP contribution in [-0.2, 0) is 0 Å². The lowest BCUT2D eigenvalue weighted by atomic mass is 9.84. The number of furan rings is 1. The first kappa shape index (κ1) is 12.9. The zero-order chi connectivity index (χ0) is 12.1. The van der Waals surface area contributed by atoms with Crippen LogP contribution in [-0.4, -0.2) is 16.4 Å². The van der Waals surface area contributed by atoms with Gasteiger partial charge in [-0.3, -0.25) is 4.79 Å². The largest absolute Gasteiger partial charge is 0.459 e. The summed E-state index contributed by atoms with van der Waals surface area (Å²) in [7, 11) is 0. The number of amides is 1. The van der Waals surface area contributed by atoms with E-state index in [2.05, 4.69) is 27.9 Å². The fraction of sp³-hybridized carbons (Fsp3) is 0.615. The van der Waals surface area contributed by atoms with Crippen LogP contribution in [0.2, 0.25) is 0 Å². The number of alkyl halides is 1. The van der Waals surface area contributed by atoms with Gasteiger partial charge >= 0.3 is 0 Å². The smallest absolute Gasteiger partial charge is 0.287 e. The summed E-state index contributed by atoms with van der Waals surface area (Å²) in [6.45, 7) is 0. The van der Waals surface area contributed by atoms with Gasteiger partial charge in [-0.1, -0.05) is 22.6 Å². The number of rotatable bonds is 4. The van der Waals surface area contributed by atoms with Crippen molar-refractivity contribution >= 4 is 28.5 Å². The molecule has 2 rings (SSSR count). The maximum Gasteiger partial charge on any atom is 0.287 e. The van der Waals surface area contributed by atoms with E-state index in [9.17, 15) is 4.79 Å². The Balaban J connectivity index is 1.76. The molecule has 1 fully saturated rings. The Kier molecular flexibility index (Phi) is 4.88. The van der Waals surface area contributed by atoms with E-state index in [0.29, 0.717) is 11.8 Å². The van der Waals surface area contributed by atoms with E-state index in [-0.39, 0.29) is 5.91 Å². The summed E-state index contributed by atoms with van der Waals surface area (Å²) in [6, 6.07) is 3.78. The number of hydrogen-bond donors (Lipinski definition) is 1. The Morgan fingerprint density at radius 2 is 2.18 bits per heavy atom. The molecule has 0 unspecified atom stereocenters. The van der Waals surface area contributed by atoms with E-state index >= 15 is 0 Å². The molecule has 1 aromatic rings. The summed E-state index contributed by atoms with van der Waals surface area (Å²) < 4.78 is 6.33. The van der Waals surface area contributed by atoms with Gasteiger partial charge in [-0.05, 0) is 54.6 Å². The lowest BCUT2D eigenvalue weighted by Crippen LogP contribution is -2.37. The Morgan fingerprint density at radius 1 is 1.41 bits per heavy atom. The van der Waals surface area contributed by atoms with Crippen LogP contribution < -0.4 is 5.32 Å². The van der Waals surface area contributed by atoms with E-state index in [1.54, 1.807) is 12.1 Å². The van der Waals surface area contributed by atoms with E-state index in [0.717, 1.165) is 18.8 Å². The topological polar surface area (TPSA) is 42.2 Å². The van der Waals surface area contributed by atoms with E-state index in [1.807, 2.05) is 0 Å². The molecule has 0 aromatic carbocycles. The lowest BCUT2D eigenvalue weighted by Gasteiger charge is -2.28. The minimum Gasteiger partial charge on any atom is -0.459 e. The van der Waals surface area contributed by atoms with Crippen molar-refractivity contribution in [2.45, 2.75) is 38.1 Å². The van der Waals surface area contributed by atoms with Crippen LogP contribution in [0.5, 0.6) is 0 Å². The fourth-order valence-electron chi connectivity index (χ4n) is 2.41. The maximum absolute atomic E-state index is 11.8. The van der Waals surface area contributed by atoms with Crippen LogP contribution in [0.3, 0.4) is 0 Å². The normalized spacial score (nSPS) is 24.5. The third-order valence-corrected chi connectivity index (χ3v) is 4.07. The monoisotopic (exact) mass is 347 g/mol. The highest BCUT2D eigenvalue weighted by Gasteiger charge is 2.22. The summed E-state index contributed by atoms with van der Waals surface area (Å²) in [6.07, 6.45) is 7.55. The lowest BCUT2D eigenvalue weighted by molar-refractivity contribution is 0.0893. The predicted octanol–water partition coefficient (Wildman–Crippen LogP) is 3.39. The molecule has 1 saturated carbocycles. The van der Waals surface area contributed by atoms with Crippen molar-refractivity contribution in [2.24, 2.45) is 5.92 Å². The maximum atomic E-state index is 11.8. The first-order valence-corrected chi connectivity index (χ1v) is 7.72. The van der Waals surface area contributed by atoms with Crippen LogP contribution in [0.15, 0.2) is 22.8 Å². The van der Waals surface area contributed by atoms with Crippen molar-refractivity contribution in [3.8, 4) is 0 Å². The second kappa shape index (κ2) is 6.42. The summed E-state index contributed by atoms with van der Waals surface area (Å²) in [5.41, 5.74) is 0. The zero-order valence-electron chi connectivity index (χ0n) is 9.82. The van der Waals surface area contributed by atoms with Crippen molar-refractivity contribution in [3.63, 3.8) is 0 Å². The third-order valence-electron chi connectivity index (χ3n) is 3.44. The van der Waals surface area contributed by atoms with E-state index in [1.165, 1.54) is 30.0 Å². The first-order chi connectivity index (χ1) is 8.29. The standard InChI is InChI=1S/C13H18INO2/c14-8-7-10-3-5-11(6-4-10)15-13(16)12-2-1-9-17-12/h1-2,9-11H,3-8H2,(H,15,16). The minimum absolute atomic E-state index is 0.0765. The molecule has 4 heteroatoms. The number of nitrogens with one attached hydrogen (secondary N) is 1. The van der Waals surface area contributed by atoms with Crippen LogP contribution in [0.25, 0.3) is 0 Å². The van der Waals surface area contributed by atoms with E-state index in [4.69, 9.17) is 4.42 Å². The minimum atomic E-state index is -0.0765. The van der Waals surface area contributed by atoms with Crippen molar-refractivity contribution in [3.05, 3.63) is 24.2 Å². The van der Waals surface area contributed by atoms with Gasteiger partial charge < -0.3 is 9.73 Å². The molecule has 0 spiro atoms. The zero-order valence-corrected chi connectivity index (χ0v) is 12.0. The molecule has 1 N–H and O–H groups in total. The van der Waals surface area contributed by atoms with Gasteiger partial charge in [0.1, 0.15) is 0 Å². The third kappa shape index (κ3) is 3.72. The number of carbonyl (C=O) groups is 1. The van der Waals surface area contributed by atoms with Gasteiger partial charge in [0.25, 0.3) is 5.91 Å². The first-order valence-electron chi connectivity index (χ1n) is 6.20. The van der Waals surface area contributed by atoms with Gasteiger partial charge in [-0.2, -0.15) is 0 Å². The Hall–Kier alpha value is -0.520. The van der Waals surface area contributed by atoms with Crippen molar-refractivity contribution in [1.29, 1.82) is 0 Å². The summed E-state index contributed by atoms with van der Waals surface area (Å²) >= 11 is 2.44. The summed E-state index contributed by atoms with van der Waals surface area (Å²) in [5, 5.41) is 3.05. The summed E-state index contributed by atoms with van der Waals surface area (Å²) in [4.78, 5) is 11.8. The van der Waals surface area contributed by atoms with Crippen molar-refractivity contribution < 1.29 is 9.21 Å².